The quantitative estimate of drug-likeness (QED) is 0.510. The van der Waals surface area contributed by atoms with Crippen molar-refractivity contribution in [2.45, 2.75) is 44.6 Å². The fourth-order valence-electron chi connectivity index (χ4n) is 2.57. The van der Waals surface area contributed by atoms with E-state index in [1.54, 1.807) is 11.8 Å². The minimum Gasteiger partial charge on any atom is -0.491 e. The van der Waals surface area contributed by atoms with Crippen molar-refractivity contribution in [3.63, 3.8) is 0 Å². The van der Waals surface area contributed by atoms with Gasteiger partial charge in [0.1, 0.15) is 5.75 Å². The zero-order valence-electron chi connectivity index (χ0n) is 15.2. The van der Waals surface area contributed by atoms with Crippen LogP contribution in [-0.2, 0) is 6.42 Å². The van der Waals surface area contributed by atoms with Crippen molar-refractivity contribution in [1.29, 1.82) is 0 Å². The number of hydrogen-bond acceptors (Lipinski definition) is 3. The van der Waals surface area contributed by atoms with E-state index in [0.29, 0.717) is 6.54 Å². The Kier molecular flexibility index (Phi) is 7.86. The van der Waals surface area contributed by atoms with Crippen LogP contribution in [0.15, 0.2) is 53.4 Å². The number of benzene rings is 2. The van der Waals surface area contributed by atoms with E-state index in [9.17, 15) is 4.79 Å². The molecule has 0 fully saturated rings. The van der Waals surface area contributed by atoms with Crippen molar-refractivity contribution in [2.75, 3.05) is 12.3 Å². The zero-order chi connectivity index (χ0) is 18.1. The molecular formula is C21H27NO2S. The highest BCUT2D eigenvalue weighted by Crippen LogP contribution is 2.22. The first-order chi connectivity index (χ1) is 12.1. The number of carbonyl (C=O) groups is 1. The molecule has 25 heavy (non-hydrogen) atoms. The number of rotatable bonds is 9. The second-order valence-corrected chi connectivity index (χ2v) is 7.41. The lowest BCUT2D eigenvalue weighted by atomic mass is 10.1. The summed E-state index contributed by atoms with van der Waals surface area (Å²) in [4.78, 5) is 13.4. The molecule has 0 heterocycles. The molecule has 3 nitrogen and oxygen atoms in total. The van der Waals surface area contributed by atoms with E-state index in [4.69, 9.17) is 4.74 Å². The smallest absolute Gasteiger partial charge is 0.252 e. The first-order valence-electron chi connectivity index (χ1n) is 8.85. The van der Waals surface area contributed by atoms with Crippen LogP contribution in [0.4, 0.5) is 0 Å². The van der Waals surface area contributed by atoms with Crippen molar-refractivity contribution < 1.29 is 9.53 Å². The number of amides is 1. The van der Waals surface area contributed by atoms with E-state index in [1.807, 2.05) is 50.2 Å². The third-order valence-electron chi connectivity index (χ3n) is 3.63. The third-order valence-corrected chi connectivity index (χ3v) is 4.59. The van der Waals surface area contributed by atoms with E-state index in [2.05, 4.69) is 24.4 Å². The summed E-state index contributed by atoms with van der Waals surface area (Å²) >= 11 is 1.70. The molecule has 2 rings (SSSR count). The summed E-state index contributed by atoms with van der Waals surface area (Å²) < 4.78 is 5.72. The number of ether oxygens (including phenoxy) is 1. The highest BCUT2D eigenvalue weighted by atomic mass is 32.2. The van der Waals surface area contributed by atoms with Gasteiger partial charge in [0.05, 0.1) is 11.7 Å². The van der Waals surface area contributed by atoms with E-state index >= 15 is 0 Å². The molecule has 0 atom stereocenters. The van der Waals surface area contributed by atoms with Gasteiger partial charge in [0.25, 0.3) is 5.91 Å². The number of thioether (sulfide) groups is 1. The Hall–Kier alpha value is -1.94. The second kappa shape index (κ2) is 10.1. The molecule has 0 aliphatic heterocycles. The highest BCUT2D eigenvalue weighted by molar-refractivity contribution is 7.99. The molecule has 0 unspecified atom stereocenters. The van der Waals surface area contributed by atoms with Crippen molar-refractivity contribution in [1.82, 2.24) is 5.32 Å². The first kappa shape index (κ1) is 19.4. The molecule has 2 aromatic carbocycles. The molecule has 0 radical (unpaired) electrons. The molecule has 1 amide bonds. The number of carbonyl (C=O) groups excluding carboxylic acids is 1. The van der Waals surface area contributed by atoms with Crippen LogP contribution in [0.5, 0.6) is 5.75 Å². The maximum Gasteiger partial charge on any atom is 0.252 e. The lowest BCUT2D eigenvalue weighted by molar-refractivity contribution is 0.0950. The fourth-order valence-corrected chi connectivity index (χ4v) is 3.37. The SMILES string of the molecule is CCSc1ccccc1C(=O)NCCCc1cccc(OC(C)C)c1. The van der Waals surface area contributed by atoms with Crippen molar-refractivity contribution in [3.8, 4) is 5.75 Å². The molecule has 2 aromatic rings. The van der Waals surface area contributed by atoms with E-state index in [0.717, 1.165) is 34.8 Å². The molecule has 0 aliphatic rings. The van der Waals surface area contributed by atoms with Gasteiger partial charge in [-0.25, -0.2) is 0 Å². The molecule has 0 aromatic heterocycles. The standard InChI is InChI=1S/C21H27NO2S/c1-4-25-20-13-6-5-12-19(20)21(23)22-14-8-10-17-9-7-11-18(15-17)24-16(2)3/h5-7,9,11-13,15-16H,4,8,10,14H2,1-3H3,(H,22,23). The molecule has 0 saturated heterocycles. The fraction of sp³-hybridized carbons (Fsp3) is 0.381. The Morgan fingerprint density at radius 3 is 2.72 bits per heavy atom. The normalized spacial score (nSPS) is 10.7. The van der Waals surface area contributed by atoms with Gasteiger partial charge in [-0.1, -0.05) is 31.2 Å². The maximum atomic E-state index is 12.4. The summed E-state index contributed by atoms with van der Waals surface area (Å²) in [6.45, 7) is 6.81. The predicted molar refractivity (Wildman–Crippen MR) is 106 cm³/mol. The van der Waals surface area contributed by atoms with Crippen LogP contribution in [-0.4, -0.2) is 24.3 Å². The van der Waals surface area contributed by atoms with Gasteiger partial charge in [0, 0.05) is 11.4 Å². The third kappa shape index (κ3) is 6.46. The van der Waals surface area contributed by atoms with E-state index in [-0.39, 0.29) is 12.0 Å². The lowest BCUT2D eigenvalue weighted by Gasteiger charge is -2.11. The Bertz CT molecular complexity index is 685. The monoisotopic (exact) mass is 357 g/mol. The average molecular weight is 358 g/mol. The van der Waals surface area contributed by atoms with Crippen molar-refractivity contribution in [2.24, 2.45) is 0 Å². The Labute approximate surface area is 155 Å². The van der Waals surface area contributed by atoms with Crippen LogP contribution >= 0.6 is 11.8 Å². The number of hydrogen-bond donors (Lipinski definition) is 1. The van der Waals surface area contributed by atoms with Gasteiger partial charge in [0.2, 0.25) is 0 Å². The Morgan fingerprint density at radius 1 is 1.16 bits per heavy atom. The average Bonchev–Trinajstić information content (AvgIpc) is 2.59. The maximum absolute atomic E-state index is 12.4. The van der Waals surface area contributed by atoms with Crippen LogP contribution < -0.4 is 10.1 Å². The number of nitrogens with one attached hydrogen (secondary N) is 1. The second-order valence-electron chi connectivity index (χ2n) is 6.10. The Balaban J connectivity index is 1.82. The van der Waals surface area contributed by atoms with Crippen LogP contribution in [0.25, 0.3) is 0 Å². The van der Waals surface area contributed by atoms with Crippen LogP contribution in [0.1, 0.15) is 43.1 Å². The largest absolute Gasteiger partial charge is 0.491 e. The van der Waals surface area contributed by atoms with Gasteiger partial charge in [-0.15, -0.1) is 11.8 Å². The minimum atomic E-state index is 0.00782. The molecule has 134 valence electrons. The van der Waals surface area contributed by atoms with Crippen LogP contribution in [0, 0.1) is 0 Å². The minimum absolute atomic E-state index is 0.00782. The topological polar surface area (TPSA) is 38.3 Å². The summed E-state index contributed by atoms with van der Waals surface area (Å²) in [5.41, 5.74) is 2.00. The van der Waals surface area contributed by atoms with E-state index in [1.165, 1.54) is 5.56 Å². The highest BCUT2D eigenvalue weighted by Gasteiger charge is 2.10. The van der Waals surface area contributed by atoms with Crippen LogP contribution in [0.3, 0.4) is 0 Å². The molecule has 1 N–H and O–H groups in total. The lowest BCUT2D eigenvalue weighted by Crippen LogP contribution is -2.25. The van der Waals surface area contributed by atoms with Gasteiger partial charge >= 0.3 is 0 Å². The zero-order valence-corrected chi connectivity index (χ0v) is 16.1. The summed E-state index contributed by atoms with van der Waals surface area (Å²) in [6.07, 6.45) is 2.00. The van der Waals surface area contributed by atoms with Gasteiger partial charge in [-0.05, 0) is 62.3 Å². The molecule has 0 spiro atoms. The molecule has 0 saturated carbocycles. The summed E-state index contributed by atoms with van der Waals surface area (Å²) in [5, 5.41) is 3.03. The summed E-state index contributed by atoms with van der Waals surface area (Å²) in [6, 6.07) is 16.0. The molecule has 0 aliphatic carbocycles. The molecule has 0 bridgehead atoms. The van der Waals surface area contributed by atoms with Crippen molar-refractivity contribution >= 4 is 17.7 Å². The summed E-state index contributed by atoms with van der Waals surface area (Å²) in [5.74, 6) is 1.87. The van der Waals surface area contributed by atoms with Gasteiger partial charge < -0.3 is 10.1 Å². The molecular weight excluding hydrogens is 330 g/mol. The van der Waals surface area contributed by atoms with E-state index < -0.39 is 0 Å². The molecule has 4 heteroatoms. The Morgan fingerprint density at radius 2 is 1.96 bits per heavy atom. The van der Waals surface area contributed by atoms with Crippen LogP contribution in [0.2, 0.25) is 0 Å². The van der Waals surface area contributed by atoms with Gasteiger partial charge in [-0.2, -0.15) is 0 Å². The predicted octanol–water partition coefficient (Wildman–Crippen LogP) is 4.95. The first-order valence-corrected chi connectivity index (χ1v) is 9.84. The number of aryl methyl sites for hydroxylation is 1. The summed E-state index contributed by atoms with van der Waals surface area (Å²) in [7, 11) is 0. The van der Waals surface area contributed by atoms with Crippen molar-refractivity contribution in [3.05, 3.63) is 59.7 Å². The van der Waals surface area contributed by atoms with Gasteiger partial charge in [0.15, 0.2) is 0 Å². The van der Waals surface area contributed by atoms with Gasteiger partial charge in [-0.3, -0.25) is 4.79 Å².